The van der Waals surface area contributed by atoms with Crippen LogP contribution in [-0.2, 0) is 9.59 Å². The van der Waals surface area contributed by atoms with E-state index in [-0.39, 0.29) is 0 Å². The molecule has 0 saturated carbocycles. The molecule has 6 nitrogen and oxygen atoms in total. The Balaban J connectivity index is 0.000000626. The summed E-state index contributed by atoms with van der Waals surface area (Å²) in [7, 11) is 0. The zero-order chi connectivity index (χ0) is 17.1. The average molecular weight is 352 g/mol. The number of benzene rings is 1. The Morgan fingerprint density at radius 2 is 1.82 bits per heavy atom. The van der Waals surface area contributed by atoms with Crippen LogP contribution in [0.3, 0.4) is 0 Å². The number of nitrogens with one attached hydrogen (secondary N) is 1. The highest BCUT2D eigenvalue weighted by atomic mass is 35.5. The fraction of sp³-hybridized carbons (Fsp3) is 0.429. The van der Waals surface area contributed by atoms with Gasteiger partial charge in [-0.1, -0.05) is 30.1 Å². The first-order chi connectivity index (χ1) is 10.3. The SMILES string of the molecule is CCC(C)NCCOc1ccc(Cl)c(Cl)c1.O=C(O)C(=O)O. The number of halogens is 2. The smallest absolute Gasteiger partial charge is 0.414 e. The van der Waals surface area contributed by atoms with Crippen LogP contribution in [0, 0.1) is 0 Å². The van der Waals surface area contributed by atoms with Crippen molar-refractivity contribution in [2.24, 2.45) is 0 Å². The lowest BCUT2D eigenvalue weighted by Crippen LogP contribution is -2.29. The van der Waals surface area contributed by atoms with Gasteiger partial charge in [-0.15, -0.1) is 0 Å². The largest absolute Gasteiger partial charge is 0.492 e. The van der Waals surface area contributed by atoms with Gasteiger partial charge in [0.25, 0.3) is 0 Å². The highest BCUT2D eigenvalue weighted by molar-refractivity contribution is 6.42. The van der Waals surface area contributed by atoms with Crippen LogP contribution >= 0.6 is 23.2 Å². The molecule has 0 radical (unpaired) electrons. The minimum absolute atomic E-state index is 0.522. The van der Waals surface area contributed by atoms with Gasteiger partial charge in [0.2, 0.25) is 0 Å². The molecule has 1 atom stereocenters. The number of hydrogen-bond acceptors (Lipinski definition) is 4. The maximum Gasteiger partial charge on any atom is 0.414 e. The Hall–Kier alpha value is -1.50. The topological polar surface area (TPSA) is 95.9 Å². The Morgan fingerprint density at radius 3 is 2.27 bits per heavy atom. The van der Waals surface area contributed by atoms with Gasteiger partial charge in [-0.2, -0.15) is 0 Å². The molecular weight excluding hydrogens is 333 g/mol. The summed E-state index contributed by atoms with van der Waals surface area (Å²) in [5.74, 6) is -2.90. The van der Waals surface area contributed by atoms with Crippen molar-refractivity contribution >= 4 is 35.1 Å². The third-order valence-electron chi connectivity index (χ3n) is 2.55. The van der Waals surface area contributed by atoms with Crippen molar-refractivity contribution in [2.45, 2.75) is 26.3 Å². The fourth-order valence-electron chi connectivity index (χ4n) is 1.19. The van der Waals surface area contributed by atoms with E-state index in [1.807, 2.05) is 6.07 Å². The Labute approximate surface area is 139 Å². The first-order valence-corrected chi connectivity index (χ1v) is 7.31. The normalized spacial score (nSPS) is 11.1. The van der Waals surface area contributed by atoms with Crippen LogP contribution in [0.1, 0.15) is 20.3 Å². The van der Waals surface area contributed by atoms with E-state index < -0.39 is 11.9 Å². The molecular formula is C14H19Cl2NO5. The number of rotatable bonds is 6. The molecule has 8 heteroatoms. The monoisotopic (exact) mass is 351 g/mol. The van der Waals surface area contributed by atoms with Crippen LogP contribution in [-0.4, -0.2) is 41.3 Å². The number of hydrogen-bond donors (Lipinski definition) is 3. The highest BCUT2D eigenvalue weighted by Gasteiger charge is 2.04. The third kappa shape index (κ3) is 9.44. The summed E-state index contributed by atoms with van der Waals surface area (Å²) in [6, 6.07) is 5.81. The molecule has 1 aromatic carbocycles. The van der Waals surface area contributed by atoms with Crippen LogP contribution in [0.5, 0.6) is 5.75 Å². The molecule has 124 valence electrons. The molecule has 0 aromatic heterocycles. The highest BCUT2D eigenvalue weighted by Crippen LogP contribution is 2.26. The van der Waals surface area contributed by atoms with E-state index in [1.165, 1.54) is 0 Å². The number of ether oxygens (including phenoxy) is 1. The van der Waals surface area contributed by atoms with Crippen molar-refractivity contribution in [3.05, 3.63) is 28.2 Å². The van der Waals surface area contributed by atoms with Gasteiger partial charge < -0.3 is 20.3 Å². The molecule has 0 aliphatic rings. The van der Waals surface area contributed by atoms with Gasteiger partial charge in [-0.05, 0) is 25.5 Å². The first kappa shape index (κ1) is 20.5. The van der Waals surface area contributed by atoms with E-state index in [1.54, 1.807) is 12.1 Å². The van der Waals surface area contributed by atoms with Gasteiger partial charge in [-0.25, -0.2) is 9.59 Å². The van der Waals surface area contributed by atoms with Gasteiger partial charge in [0.1, 0.15) is 12.4 Å². The third-order valence-corrected chi connectivity index (χ3v) is 3.29. The van der Waals surface area contributed by atoms with Gasteiger partial charge in [0.15, 0.2) is 0 Å². The number of carboxylic acids is 2. The van der Waals surface area contributed by atoms with Gasteiger partial charge in [0, 0.05) is 18.7 Å². The second-order valence-corrected chi connectivity index (χ2v) is 5.11. The number of carboxylic acid groups (broad SMARTS) is 2. The lowest BCUT2D eigenvalue weighted by atomic mass is 10.3. The number of aliphatic carboxylic acids is 2. The van der Waals surface area contributed by atoms with Crippen molar-refractivity contribution in [3.63, 3.8) is 0 Å². The maximum absolute atomic E-state index is 9.10. The fourth-order valence-corrected chi connectivity index (χ4v) is 1.47. The summed E-state index contributed by atoms with van der Waals surface area (Å²) in [5, 5.41) is 19.2. The van der Waals surface area contributed by atoms with Crippen molar-refractivity contribution in [1.82, 2.24) is 5.32 Å². The summed E-state index contributed by atoms with van der Waals surface area (Å²) in [4.78, 5) is 18.2. The second kappa shape index (κ2) is 11.1. The first-order valence-electron chi connectivity index (χ1n) is 6.55. The molecule has 0 aliphatic carbocycles. The molecule has 0 bridgehead atoms. The second-order valence-electron chi connectivity index (χ2n) is 4.30. The summed E-state index contributed by atoms with van der Waals surface area (Å²) >= 11 is 11.7. The minimum atomic E-state index is -1.82. The van der Waals surface area contributed by atoms with Crippen molar-refractivity contribution in [3.8, 4) is 5.75 Å². The summed E-state index contributed by atoms with van der Waals surface area (Å²) in [6.07, 6.45) is 1.12. The zero-order valence-corrected chi connectivity index (χ0v) is 13.8. The Morgan fingerprint density at radius 1 is 1.23 bits per heavy atom. The molecule has 0 spiro atoms. The molecule has 0 fully saturated rings. The van der Waals surface area contributed by atoms with Gasteiger partial charge >= 0.3 is 11.9 Å². The van der Waals surface area contributed by atoms with E-state index in [4.69, 9.17) is 47.7 Å². The molecule has 1 aromatic rings. The molecule has 0 aliphatic heterocycles. The molecule has 3 N–H and O–H groups in total. The van der Waals surface area contributed by atoms with Crippen molar-refractivity contribution < 1.29 is 24.5 Å². The lowest BCUT2D eigenvalue weighted by Gasteiger charge is -2.12. The van der Waals surface area contributed by atoms with Crippen LogP contribution < -0.4 is 10.1 Å². The predicted octanol–water partition coefficient (Wildman–Crippen LogP) is 2.92. The molecule has 0 heterocycles. The maximum atomic E-state index is 9.10. The average Bonchev–Trinajstić information content (AvgIpc) is 2.47. The Kier molecular flexibility index (Phi) is 10.4. The molecule has 22 heavy (non-hydrogen) atoms. The van der Waals surface area contributed by atoms with Gasteiger partial charge in [0.05, 0.1) is 10.0 Å². The van der Waals surface area contributed by atoms with Gasteiger partial charge in [-0.3, -0.25) is 0 Å². The standard InChI is InChI=1S/C12H17Cl2NO.C2H2O4/c1-3-9(2)15-6-7-16-10-4-5-11(13)12(14)8-10;3-1(4)2(5)6/h4-5,8-9,15H,3,6-7H2,1-2H3;(H,3,4)(H,5,6). The molecule has 0 saturated heterocycles. The van der Waals surface area contributed by atoms with Crippen molar-refractivity contribution in [2.75, 3.05) is 13.2 Å². The van der Waals surface area contributed by atoms with E-state index in [9.17, 15) is 0 Å². The van der Waals surface area contributed by atoms with Crippen LogP contribution in [0.4, 0.5) is 0 Å². The summed E-state index contributed by atoms with van der Waals surface area (Å²) in [6.45, 7) is 5.76. The van der Waals surface area contributed by atoms with Crippen LogP contribution in [0.2, 0.25) is 10.0 Å². The zero-order valence-electron chi connectivity index (χ0n) is 12.3. The molecule has 0 amide bonds. The minimum Gasteiger partial charge on any atom is -0.492 e. The van der Waals surface area contributed by atoms with E-state index in [2.05, 4.69) is 19.2 Å². The lowest BCUT2D eigenvalue weighted by molar-refractivity contribution is -0.159. The molecule has 1 rings (SSSR count). The Bertz CT molecular complexity index is 484. The van der Waals surface area contributed by atoms with E-state index in [0.717, 1.165) is 18.7 Å². The van der Waals surface area contributed by atoms with Crippen LogP contribution in [0.15, 0.2) is 18.2 Å². The quantitative estimate of drug-likeness (QED) is 0.538. The summed E-state index contributed by atoms with van der Waals surface area (Å²) < 4.78 is 5.53. The van der Waals surface area contributed by atoms with E-state index >= 15 is 0 Å². The molecule has 1 unspecified atom stereocenters. The van der Waals surface area contributed by atoms with Crippen molar-refractivity contribution in [1.29, 1.82) is 0 Å². The predicted molar refractivity (Wildman–Crippen MR) is 85.0 cm³/mol. The summed E-state index contributed by atoms with van der Waals surface area (Å²) in [5.41, 5.74) is 0. The number of carbonyl (C=O) groups is 2. The van der Waals surface area contributed by atoms with E-state index in [0.29, 0.717) is 22.7 Å². The van der Waals surface area contributed by atoms with Crippen LogP contribution in [0.25, 0.3) is 0 Å².